The van der Waals surface area contributed by atoms with Crippen LogP contribution in [0.5, 0.6) is 0 Å². The Bertz CT molecular complexity index is 760. The first kappa shape index (κ1) is 18.3. The maximum Gasteiger partial charge on any atom is 0.257 e. The van der Waals surface area contributed by atoms with Crippen molar-refractivity contribution in [2.45, 2.75) is 13.5 Å². The molecule has 0 N–H and O–H groups in total. The highest BCUT2D eigenvalue weighted by Crippen LogP contribution is 2.44. The fourth-order valence-electron chi connectivity index (χ4n) is 4.22. The summed E-state index contributed by atoms with van der Waals surface area (Å²) in [5.74, 6) is 0.146. The van der Waals surface area contributed by atoms with Crippen molar-refractivity contribution in [1.82, 2.24) is 23.9 Å². The lowest BCUT2D eigenvalue weighted by Gasteiger charge is -2.31. The normalized spacial score (nSPS) is 27.2. The third kappa shape index (κ3) is 3.45. The number of hydrogen-bond acceptors (Lipinski definition) is 5. The molecule has 0 aliphatic carbocycles. The van der Waals surface area contributed by atoms with Gasteiger partial charge in [0.2, 0.25) is 10.0 Å². The number of aryl methyl sites for hydroxylation is 1. The van der Waals surface area contributed by atoms with Gasteiger partial charge in [-0.15, -0.1) is 0 Å². The van der Waals surface area contributed by atoms with Gasteiger partial charge in [0.25, 0.3) is 5.91 Å². The van der Waals surface area contributed by atoms with Crippen molar-refractivity contribution in [1.29, 1.82) is 0 Å². The summed E-state index contributed by atoms with van der Waals surface area (Å²) in [5, 5.41) is 4.18. The van der Waals surface area contributed by atoms with E-state index in [-0.39, 0.29) is 17.2 Å². The van der Waals surface area contributed by atoms with Gasteiger partial charge in [0.1, 0.15) is 0 Å². The largest absolute Gasteiger partial charge is 0.338 e. The first-order chi connectivity index (χ1) is 11.6. The maximum atomic E-state index is 12.8. The van der Waals surface area contributed by atoms with Gasteiger partial charge in [0, 0.05) is 56.8 Å². The molecule has 3 heterocycles. The molecule has 140 valence electrons. The summed E-state index contributed by atoms with van der Waals surface area (Å²) in [6.45, 7) is 5.62. The van der Waals surface area contributed by atoms with E-state index in [0.29, 0.717) is 31.7 Å². The molecular weight excluding hydrogens is 342 g/mol. The lowest BCUT2D eigenvalue weighted by Crippen LogP contribution is -2.43. The topological polar surface area (TPSA) is 78.8 Å². The van der Waals surface area contributed by atoms with Crippen LogP contribution < -0.4 is 0 Å². The van der Waals surface area contributed by atoms with E-state index in [9.17, 15) is 13.2 Å². The number of aromatic nitrogens is 2. The third-order valence-corrected chi connectivity index (χ3v) is 6.54. The van der Waals surface area contributed by atoms with Crippen LogP contribution in [0.4, 0.5) is 0 Å². The monoisotopic (exact) mass is 369 g/mol. The van der Waals surface area contributed by atoms with E-state index in [4.69, 9.17) is 0 Å². The highest BCUT2D eigenvalue weighted by atomic mass is 32.2. The molecule has 1 aromatic heterocycles. The molecule has 2 atom stereocenters. The van der Waals surface area contributed by atoms with Gasteiger partial charge in [-0.05, 0) is 21.0 Å². The SMILES string of the molecule is CCn1cc(C(=O)N2CC3CN(S(C)(=O)=O)CC3(CN(C)C)C2)cn1. The molecule has 2 aliphatic rings. The fourth-order valence-corrected chi connectivity index (χ4v) is 5.16. The lowest BCUT2D eigenvalue weighted by molar-refractivity contribution is 0.0758. The first-order valence-corrected chi connectivity index (χ1v) is 10.4. The Kier molecular flexibility index (Phi) is 4.67. The molecule has 0 aromatic carbocycles. The van der Waals surface area contributed by atoms with E-state index in [1.54, 1.807) is 21.4 Å². The van der Waals surface area contributed by atoms with Gasteiger partial charge in [0.15, 0.2) is 0 Å². The van der Waals surface area contributed by atoms with E-state index in [2.05, 4.69) is 10.00 Å². The Balaban J connectivity index is 1.81. The molecule has 0 saturated carbocycles. The predicted octanol–water partition coefficient (Wildman–Crippen LogP) is -0.202. The Morgan fingerprint density at radius 2 is 2.08 bits per heavy atom. The maximum absolute atomic E-state index is 12.8. The van der Waals surface area contributed by atoms with Gasteiger partial charge in [-0.3, -0.25) is 9.48 Å². The smallest absolute Gasteiger partial charge is 0.257 e. The summed E-state index contributed by atoms with van der Waals surface area (Å²) in [6.07, 6.45) is 4.65. The van der Waals surface area contributed by atoms with Crippen molar-refractivity contribution in [3.63, 3.8) is 0 Å². The number of fused-ring (bicyclic) bond motifs is 1. The molecule has 0 radical (unpaired) electrons. The van der Waals surface area contributed by atoms with Crippen molar-refractivity contribution in [3.8, 4) is 0 Å². The molecule has 0 bridgehead atoms. The summed E-state index contributed by atoms with van der Waals surface area (Å²) in [5.41, 5.74) is 0.394. The average molecular weight is 369 g/mol. The third-order valence-electron chi connectivity index (χ3n) is 5.32. The highest BCUT2D eigenvalue weighted by Gasteiger charge is 2.55. The van der Waals surface area contributed by atoms with Crippen LogP contribution in [-0.2, 0) is 16.6 Å². The molecule has 1 amide bonds. The molecule has 2 unspecified atom stereocenters. The molecular formula is C16H27N5O3S. The zero-order valence-electron chi connectivity index (χ0n) is 15.3. The quantitative estimate of drug-likeness (QED) is 0.718. The minimum atomic E-state index is -3.21. The van der Waals surface area contributed by atoms with Gasteiger partial charge in [0.05, 0.1) is 18.0 Å². The van der Waals surface area contributed by atoms with E-state index in [1.165, 1.54) is 6.26 Å². The Morgan fingerprint density at radius 1 is 1.36 bits per heavy atom. The molecule has 2 aliphatic heterocycles. The summed E-state index contributed by atoms with van der Waals surface area (Å²) >= 11 is 0. The van der Waals surface area contributed by atoms with Crippen molar-refractivity contribution in [3.05, 3.63) is 18.0 Å². The Labute approximate surface area is 149 Å². The number of carbonyl (C=O) groups excluding carboxylic acids is 1. The van der Waals surface area contributed by atoms with Crippen molar-refractivity contribution in [2.24, 2.45) is 11.3 Å². The molecule has 3 rings (SSSR count). The van der Waals surface area contributed by atoms with Gasteiger partial charge < -0.3 is 9.80 Å². The molecule has 9 heteroatoms. The van der Waals surface area contributed by atoms with Gasteiger partial charge in [-0.2, -0.15) is 5.10 Å². The van der Waals surface area contributed by atoms with Gasteiger partial charge >= 0.3 is 0 Å². The molecule has 2 fully saturated rings. The fraction of sp³-hybridized carbons (Fsp3) is 0.750. The Morgan fingerprint density at radius 3 is 2.64 bits per heavy atom. The number of hydrogen-bond donors (Lipinski definition) is 0. The zero-order valence-corrected chi connectivity index (χ0v) is 16.2. The van der Waals surface area contributed by atoms with E-state index < -0.39 is 10.0 Å². The molecule has 1 aromatic rings. The second-order valence-corrected chi connectivity index (χ2v) is 9.61. The second-order valence-electron chi connectivity index (χ2n) is 7.62. The van der Waals surface area contributed by atoms with Crippen molar-refractivity contribution >= 4 is 15.9 Å². The Hall–Kier alpha value is -1.45. The predicted molar refractivity (Wildman–Crippen MR) is 94.7 cm³/mol. The molecule has 2 saturated heterocycles. The standard InChI is InChI=1S/C16H27N5O3S/c1-5-20-7-13(6-17-20)15(22)19-8-14-9-21(25(4,23)24)12-16(14,11-19)10-18(2)3/h6-7,14H,5,8-12H2,1-4H3. The molecule has 25 heavy (non-hydrogen) atoms. The molecule has 0 spiro atoms. The van der Waals surface area contributed by atoms with Crippen LogP contribution in [-0.4, -0.2) is 91.3 Å². The van der Waals surface area contributed by atoms with Crippen LogP contribution >= 0.6 is 0 Å². The van der Waals surface area contributed by atoms with Crippen LogP contribution in [0, 0.1) is 11.3 Å². The lowest BCUT2D eigenvalue weighted by atomic mass is 9.80. The number of nitrogens with zero attached hydrogens (tertiary/aromatic N) is 5. The average Bonchev–Trinajstić information content (AvgIpc) is 3.16. The minimum absolute atomic E-state index is 0.0156. The molecule has 8 nitrogen and oxygen atoms in total. The van der Waals surface area contributed by atoms with E-state index in [1.807, 2.05) is 25.9 Å². The second kappa shape index (κ2) is 6.37. The highest BCUT2D eigenvalue weighted by molar-refractivity contribution is 7.88. The van der Waals surface area contributed by atoms with Crippen molar-refractivity contribution < 1.29 is 13.2 Å². The van der Waals surface area contributed by atoms with E-state index >= 15 is 0 Å². The summed E-state index contributed by atoms with van der Waals surface area (Å²) < 4.78 is 27.3. The zero-order chi connectivity index (χ0) is 18.4. The number of sulfonamides is 1. The van der Waals surface area contributed by atoms with Crippen LogP contribution in [0.15, 0.2) is 12.4 Å². The van der Waals surface area contributed by atoms with E-state index in [0.717, 1.165) is 13.1 Å². The van der Waals surface area contributed by atoms with Crippen LogP contribution in [0.3, 0.4) is 0 Å². The summed E-state index contributed by atoms with van der Waals surface area (Å²) in [7, 11) is 0.771. The van der Waals surface area contributed by atoms with Gasteiger partial charge in [-0.1, -0.05) is 0 Å². The number of likely N-dealkylation sites (tertiary alicyclic amines) is 1. The van der Waals surface area contributed by atoms with Gasteiger partial charge in [-0.25, -0.2) is 12.7 Å². The number of amides is 1. The van der Waals surface area contributed by atoms with Crippen molar-refractivity contribution in [2.75, 3.05) is 53.1 Å². The minimum Gasteiger partial charge on any atom is -0.338 e. The number of carbonyl (C=O) groups is 1. The number of rotatable bonds is 5. The van der Waals surface area contributed by atoms with Crippen LogP contribution in [0.2, 0.25) is 0 Å². The van der Waals surface area contributed by atoms with Crippen LogP contribution in [0.1, 0.15) is 17.3 Å². The first-order valence-electron chi connectivity index (χ1n) is 8.56. The summed E-state index contributed by atoms with van der Waals surface area (Å²) in [6, 6.07) is 0. The van der Waals surface area contributed by atoms with Crippen LogP contribution in [0.25, 0.3) is 0 Å². The summed E-state index contributed by atoms with van der Waals surface area (Å²) in [4.78, 5) is 16.8.